The second-order valence-electron chi connectivity index (χ2n) is 4.18. The average Bonchev–Trinajstić information content (AvgIpc) is 2.19. The summed E-state index contributed by atoms with van der Waals surface area (Å²) in [5.41, 5.74) is 0. The van der Waals surface area contributed by atoms with Crippen LogP contribution in [0.4, 0.5) is 0 Å². The minimum atomic E-state index is 0.636. The van der Waals surface area contributed by atoms with Gasteiger partial charge in [-0.05, 0) is 33.2 Å². The molecule has 3 heteroatoms. The number of nitrogens with one attached hydrogen (secondary N) is 1. The van der Waals surface area contributed by atoms with Gasteiger partial charge in [0.1, 0.15) is 0 Å². The van der Waals surface area contributed by atoms with Crippen molar-refractivity contribution >= 4 is 11.8 Å². The van der Waals surface area contributed by atoms with Crippen LogP contribution in [0.25, 0.3) is 0 Å². The Bertz CT molecular complexity index is 148. The van der Waals surface area contributed by atoms with Gasteiger partial charge in [0.15, 0.2) is 0 Å². The molecule has 0 spiro atoms. The van der Waals surface area contributed by atoms with Crippen LogP contribution < -0.4 is 5.32 Å². The van der Waals surface area contributed by atoms with E-state index in [1.165, 1.54) is 19.3 Å². The van der Waals surface area contributed by atoms with Crippen molar-refractivity contribution in [3.63, 3.8) is 0 Å². The molecular weight excluding hydrogens is 194 g/mol. The molecule has 1 rings (SSSR count). The van der Waals surface area contributed by atoms with Crippen LogP contribution in [0.15, 0.2) is 0 Å². The van der Waals surface area contributed by atoms with Crippen LogP contribution in [0.5, 0.6) is 0 Å². The van der Waals surface area contributed by atoms with Gasteiger partial charge >= 0.3 is 0 Å². The molecule has 1 aliphatic heterocycles. The van der Waals surface area contributed by atoms with Crippen molar-refractivity contribution in [1.29, 1.82) is 0 Å². The highest BCUT2D eigenvalue weighted by atomic mass is 32.2. The summed E-state index contributed by atoms with van der Waals surface area (Å²) in [6, 6.07) is 0.636. The topological polar surface area (TPSA) is 21.3 Å². The molecule has 1 N–H and O–H groups in total. The lowest BCUT2D eigenvalue weighted by atomic mass is 10.2. The molecule has 1 fully saturated rings. The molecule has 0 amide bonds. The molecule has 0 saturated carbocycles. The maximum Gasteiger partial charge on any atom is 0.0476 e. The van der Waals surface area contributed by atoms with Gasteiger partial charge in [-0.2, -0.15) is 11.8 Å². The fourth-order valence-corrected chi connectivity index (χ4v) is 3.33. The molecule has 1 aliphatic rings. The molecule has 2 nitrogen and oxygen atoms in total. The zero-order valence-electron chi connectivity index (χ0n) is 9.58. The highest BCUT2D eigenvalue weighted by Gasteiger charge is 2.18. The molecule has 2 atom stereocenters. The van der Waals surface area contributed by atoms with E-state index in [2.05, 4.69) is 30.9 Å². The van der Waals surface area contributed by atoms with Crippen LogP contribution in [0.1, 0.15) is 33.1 Å². The summed E-state index contributed by atoms with van der Waals surface area (Å²) in [6.45, 7) is 6.52. The third-order valence-electron chi connectivity index (χ3n) is 2.77. The Kier molecular flexibility index (Phi) is 5.90. The van der Waals surface area contributed by atoms with Gasteiger partial charge in [0, 0.05) is 29.8 Å². The Labute approximate surface area is 92.2 Å². The lowest BCUT2D eigenvalue weighted by Crippen LogP contribution is -2.26. The Morgan fingerprint density at radius 1 is 1.36 bits per heavy atom. The van der Waals surface area contributed by atoms with Gasteiger partial charge in [0.2, 0.25) is 0 Å². The third-order valence-corrected chi connectivity index (χ3v) is 4.28. The van der Waals surface area contributed by atoms with Gasteiger partial charge < -0.3 is 10.1 Å². The average molecular weight is 217 g/mol. The SMILES string of the molecule is CNC(C)CC(C)SC1CCOCC1. The Morgan fingerprint density at radius 2 is 2.00 bits per heavy atom. The monoisotopic (exact) mass is 217 g/mol. The van der Waals surface area contributed by atoms with Crippen LogP contribution in [0.3, 0.4) is 0 Å². The highest BCUT2D eigenvalue weighted by Crippen LogP contribution is 2.28. The van der Waals surface area contributed by atoms with Gasteiger partial charge in [-0.15, -0.1) is 0 Å². The molecule has 0 aromatic heterocycles. The van der Waals surface area contributed by atoms with Crippen LogP contribution in [-0.2, 0) is 4.74 Å². The summed E-state index contributed by atoms with van der Waals surface area (Å²) in [5, 5.41) is 4.90. The quantitative estimate of drug-likeness (QED) is 0.763. The van der Waals surface area contributed by atoms with Crippen molar-refractivity contribution < 1.29 is 4.74 Å². The van der Waals surface area contributed by atoms with Crippen molar-refractivity contribution in [3.8, 4) is 0 Å². The first kappa shape index (κ1) is 12.3. The number of rotatable bonds is 5. The van der Waals surface area contributed by atoms with E-state index in [9.17, 15) is 0 Å². The minimum Gasteiger partial charge on any atom is -0.381 e. The summed E-state index contributed by atoms with van der Waals surface area (Å²) in [5.74, 6) is 0. The lowest BCUT2D eigenvalue weighted by Gasteiger charge is -2.25. The first-order chi connectivity index (χ1) is 6.72. The van der Waals surface area contributed by atoms with E-state index in [0.29, 0.717) is 6.04 Å². The van der Waals surface area contributed by atoms with E-state index in [-0.39, 0.29) is 0 Å². The molecule has 0 aromatic rings. The van der Waals surface area contributed by atoms with Crippen molar-refractivity contribution in [2.24, 2.45) is 0 Å². The summed E-state index contributed by atoms with van der Waals surface area (Å²) in [6.07, 6.45) is 3.74. The van der Waals surface area contributed by atoms with E-state index in [1.54, 1.807) is 0 Å². The maximum absolute atomic E-state index is 5.36. The Morgan fingerprint density at radius 3 is 2.57 bits per heavy atom. The molecule has 84 valence electrons. The lowest BCUT2D eigenvalue weighted by molar-refractivity contribution is 0.0999. The normalized spacial score (nSPS) is 23.4. The first-order valence-electron chi connectivity index (χ1n) is 5.63. The van der Waals surface area contributed by atoms with E-state index >= 15 is 0 Å². The second-order valence-corrected chi connectivity index (χ2v) is 5.93. The van der Waals surface area contributed by atoms with E-state index in [1.807, 2.05) is 7.05 Å². The van der Waals surface area contributed by atoms with Gasteiger partial charge in [-0.3, -0.25) is 0 Å². The van der Waals surface area contributed by atoms with Crippen molar-refractivity contribution in [1.82, 2.24) is 5.32 Å². The number of thioether (sulfide) groups is 1. The number of ether oxygens (including phenoxy) is 1. The first-order valence-corrected chi connectivity index (χ1v) is 6.57. The highest BCUT2D eigenvalue weighted by molar-refractivity contribution is 8.00. The van der Waals surface area contributed by atoms with Crippen molar-refractivity contribution in [2.45, 2.75) is 49.7 Å². The fourth-order valence-electron chi connectivity index (χ4n) is 1.81. The largest absolute Gasteiger partial charge is 0.381 e. The molecular formula is C11H23NOS. The van der Waals surface area contributed by atoms with E-state index < -0.39 is 0 Å². The van der Waals surface area contributed by atoms with Crippen molar-refractivity contribution in [2.75, 3.05) is 20.3 Å². The predicted octanol–water partition coefficient (Wildman–Crippen LogP) is 2.29. The second kappa shape index (κ2) is 6.70. The van der Waals surface area contributed by atoms with Crippen LogP contribution in [0.2, 0.25) is 0 Å². The van der Waals surface area contributed by atoms with Crippen molar-refractivity contribution in [3.05, 3.63) is 0 Å². The van der Waals surface area contributed by atoms with Crippen LogP contribution in [0, 0.1) is 0 Å². The zero-order chi connectivity index (χ0) is 10.4. The zero-order valence-corrected chi connectivity index (χ0v) is 10.4. The molecule has 2 unspecified atom stereocenters. The van der Waals surface area contributed by atoms with E-state index in [4.69, 9.17) is 4.74 Å². The molecule has 0 aromatic carbocycles. The molecule has 1 saturated heterocycles. The van der Waals surface area contributed by atoms with Gasteiger partial charge in [0.05, 0.1) is 0 Å². The third kappa shape index (κ3) is 4.67. The maximum atomic E-state index is 5.36. The standard InChI is InChI=1S/C11H23NOS/c1-9(12-3)8-10(2)14-11-4-6-13-7-5-11/h9-12H,4-8H2,1-3H3. The molecule has 0 radical (unpaired) electrons. The smallest absolute Gasteiger partial charge is 0.0476 e. The summed E-state index contributed by atoms with van der Waals surface area (Å²) < 4.78 is 5.36. The number of hydrogen-bond acceptors (Lipinski definition) is 3. The molecule has 0 aliphatic carbocycles. The predicted molar refractivity (Wildman–Crippen MR) is 64.0 cm³/mol. The molecule has 14 heavy (non-hydrogen) atoms. The van der Waals surface area contributed by atoms with Crippen LogP contribution in [-0.4, -0.2) is 36.8 Å². The summed E-state index contributed by atoms with van der Waals surface area (Å²) >= 11 is 2.14. The van der Waals surface area contributed by atoms with Crippen LogP contribution >= 0.6 is 11.8 Å². The Hall–Kier alpha value is 0.270. The number of hydrogen-bond donors (Lipinski definition) is 1. The Balaban J connectivity index is 2.14. The minimum absolute atomic E-state index is 0.636. The fraction of sp³-hybridized carbons (Fsp3) is 1.00. The summed E-state index contributed by atoms with van der Waals surface area (Å²) in [4.78, 5) is 0. The molecule has 1 heterocycles. The summed E-state index contributed by atoms with van der Waals surface area (Å²) in [7, 11) is 2.04. The van der Waals surface area contributed by atoms with Gasteiger partial charge in [0.25, 0.3) is 0 Å². The van der Waals surface area contributed by atoms with Gasteiger partial charge in [-0.1, -0.05) is 6.92 Å². The van der Waals surface area contributed by atoms with Gasteiger partial charge in [-0.25, -0.2) is 0 Å². The molecule has 0 bridgehead atoms. The van der Waals surface area contributed by atoms with E-state index in [0.717, 1.165) is 23.7 Å².